The molecule has 1 amide bonds. The number of sulfonamides is 1. The molecule has 24 heavy (non-hydrogen) atoms. The van der Waals surface area contributed by atoms with Gasteiger partial charge < -0.3 is 4.90 Å². The van der Waals surface area contributed by atoms with E-state index in [1.807, 2.05) is 30.0 Å². The first-order valence-electron chi connectivity index (χ1n) is 8.71. The fourth-order valence-electron chi connectivity index (χ4n) is 3.67. The third-order valence-corrected chi connectivity index (χ3v) is 5.83. The summed E-state index contributed by atoms with van der Waals surface area (Å²) >= 11 is 0. The summed E-state index contributed by atoms with van der Waals surface area (Å²) in [5.41, 5.74) is 3.07. The molecule has 1 N–H and O–H groups in total. The summed E-state index contributed by atoms with van der Waals surface area (Å²) in [6, 6.07) is 5.85. The maximum atomic E-state index is 12.6. The average Bonchev–Trinajstić information content (AvgIpc) is 3.24. The van der Waals surface area contributed by atoms with Crippen molar-refractivity contribution in [3.05, 3.63) is 29.3 Å². The quantitative estimate of drug-likeness (QED) is 0.888. The van der Waals surface area contributed by atoms with Crippen LogP contribution in [-0.4, -0.2) is 27.1 Å². The van der Waals surface area contributed by atoms with Gasteiger partial charge in [-0.1, -0.05) is 13.0 Å². The van der Waals surface area contributed by atoms with Crippen LogP contribution in [-0.2, 0) is 21.2 Å². The summed E-state index contributed by atoms with van der Waals surface area (Å²) < 4.78 is 26.0. The molecular formula is C18H26N2O3S. The van der Waals surface area contributed by atoms with Crippen molar-refractivity contribution in [1.82, 2.24) is 4.72 Å². The normalized spacial score (nSPS) is 25.9. The molecule has 2 aliphatic rings. The molecule has 0 bridgehead atoms. The molecule has 0 heterocycles. The highest BCUT2D eigenvalue weighted by Crippen LogP contribution is 2.40. The lowest BCUT2D eigenvalue weighted by Gasteiger charge is -2.29. The molecule has 2 aliphatic carbocycles. The van der Waals surface area contributed by atoms with Gasteiger partial charge in [-0.05, 0) is 61.8 Å². The fraction of sp³-hybridized carbons (Fsp3) is 0.611. The lowest BCUT2D eigenvalue weighted by molar-refractivity contribution is -0.120. The Bertz CT molecular complexity index is 745. The van der Waals surface area contributed by atoms with Gasteiger partial charge in [0.1, 0.15) is 0 Å². The Morgan fingerprint density at radius 2 is 2.08 bits per heavy atom. The van der Waals surface area contributed by atoms with E-state index in [1.165, 1.54) is 11.8 Å². The largest absolute Gasteiger partial charge is 0.312 e. The average molecular weight is 350 g/mol. The van der Waals surface area contributed by atoms with Gasteiger partial charge in [-0.25, -0.2) is 13.1 Å². The molecule has 0 aromatic heterocycles. The van der Waals surface area contributed by atoms with Crippen LogP contribution < -0.4 is 9.62 Å². The molecule has 0 aliphatic heterocycles. The van der Waals surface area contributed by atoms with Crippen molar-refractivity contribution in [2.24, 2.45) is 11.8 Å². The summed E-state index contributed by atoms with van der Waals surface area (Å²) in [4.78, 5) is 14.5. The number of carbonyl (C=O) groups is 1. The van der Waals surface area contributed by atoms with E-state index in [0.717, 1.165) is 36.9 Å². The summed E-state index contributed by atoms with van der Waals surface area (Å²) in [7, 11) is -3.26. The number of carbonyl (C=O) groups excluding carboxylic acids is 1. The third-order valence-electron chi connectivity index (χ3n) is 5.12. The monoisotopic (exact) mass is 350 g/mol. The van der Waals surface area contributed by atoms with Crippen molar-refractivity contribution in [2.45, 2.75) is 45.6 Å². The SMILES string of the molecule is CCN(C(=O)[C@H]1C[C@H]1C)c1ccc2c(c1)[C@H](NS(C)(=O)=O)CCC2. The number of rotatable bonds is 5. The molecule has 1 fully saturated rings. The Hall–Kier alpha value is -1.40. The van der Waals surface area contributed by atoms with E-state index in [4.69, 9.17) is 0 Å². The number of nitrogens with zero attached hydrogens (tertiary/aromatic N) is 1. The Kier molecular flexibility index (Phi) is 4.71. The zero-order valence-corrected chi connectivity index (χ0v) is 15.4. The zero-order valence-electron chi connectivity index (χ0n) is 14.6. The summed E-state index contributed by atoms with van der Waals surface area (Å²) in [6.45, 7) is 4.72. The van der Waals surface area contributed by atoms with Crippen molar-refractivity contribution in [3.8, 4) is 0 Å². The van der Waals surface area contributed by atoms with Crippen LogP contribution in [0.4, 0.5) is 5.69 Å². The highest BCUT2D eigenvalue weighted by Gasteiger charge is 2.41. The number of hydrogen-bond donors (Lipinski definition) is 1. The van der Waals surface area contributed by atoms with Gasteiger partial charge in [0.15, 0.2) is 0 Å². The highest BCUT2D eigenvalue weighted by molar-refractivity contribution is 7.88. The van der Waals surface area contributed by atoms with E-state index in [2.05, 4.69) is 11.6 Å². The number of amides is 1. The van der Waals surface area contributed by atoms with Gasteiger partial charge in [0, 0.05) is 24.2 Å². The van der Waals surface area contributed by atoms with Crippen molar-refractivity contribution >= 4 is 21.6 Å². The minimum Gasteiger partial charge on any atom is -0.312 e. The molecule has 1 saturated carbocycles. The topological polar surface area (TPSA) is 66.5 Å². The fourth-order valence-corrected chi connectivity index (χ4v) is 4.43. The van der Waals surface area contributed by atoms with Gasteiger partial charge in [-0.3, -0.25) is 4.79 Å². The van der Waals surface area contributed by atoms with Crippen LogP contribution in [0.15, 0.2) is 18.2 Å². The van der Waals surface area contributed by atoms with Gasteiger partial charge in [-0.15, -0.1) is 0 Å². The molecule has 0 spiro atoms. The second-order valence-electron chi connectivity index (χ2n) is 7.12. The Morgan fingerprint density at radius 3 is 2.67 bits per heavy atom. The Balaban J connectivity index is 1.90. The van der Waals surface area contributed by atoms with Gasteiger partial charge in [0.2, 0.25) is 15.9 Å². The van der Waals surface area contributed by atoms with Crippen molar-refractivity contribution in [3.63, 3.8) is 0 Å². The molecule has 1 aromatic carbocycles. The van der Waals surface area contributed by atoms with Crippen LogP contribution in [0.2, 0.25) is 0 Å². The van der Waals surface area contributed by atoms with Gasteiger partial charge >= 0.3 is 0 Å². The number of nitrogens with one attached hydrogen (secondary N) is 1. The van der Waals surface area contributed by atoms with E-state index in [1.54, 1.807) is 0 Å². The first-order valence-corrected chi connectivity index (χ1v) is 10.6. The Labute approximate surface area is 144 Å². The maximum Gasteiger partial charge on any atom is 0.230 e. The zero-order chi connectivity index (χ0) is 17.5. The van der Waals surface area contributed by atoms with Crippen LogP contribution >= 0.6 is 0 Å². The summed E-state index contributed by atoms with van der Waals surface area (Å²) in [5.74, 6) is 0.808. The molecule has 0 saturated heterocycles. The van der Waals surface area contributed by atoms with Gasteiger partial charge in [0.05, 0.1) is 6.26 Å². The minimum absolute atomic E-state index is 0.144. The lowest BCUT2D eigenvalue weighted by atomic mass is 9.87. The molecule has 0 radical (unpaired) electrons. The molecule has 6 heteroatoms. The molecule has 0 unspecified atom stereocenters. The molecule has 3 atom stereocenters. The van der Waals surface area contributed by atoms with E-state index >= 15 is 0 Å². The summed E-state index contributed by atoms with van der Waals surface area (Å²) in [6.07, 6.45) is 4.89. The van der Waals surface area contributed by atoms with E-state index in [9.17, 15) is 13.2 Å². The van der Waals surface area contributed by atoms with Crippen LogP contribution in [0, 0.1) is 11.8 Å². The smallest absolute Gasteiger partial charge is 0.230 e. The maximum absolute atomic E-state index is 12.6. The van der Waals surface area contributed by atoms with Crippen LogP contribution in [0.1, 0.15) is 50.3 Å². The molecule has 132 valence electrons. The van der Waals surface area contributed by atoms with Crippen LogP contribution in [0.3, 0.4) is 0 Å². The summed E-state index contributed by atoms with van der Waals surface area (Å²) in [5, 5.41) is 0. The van der Waals surface area contributed by atoms with E-state index in [-0.39, 0.29) is 17.9 Å². The number of aryl methyl sites for hydroxylation is 1. The van der Waals surface area contributed by atoms with Crippen molar-refractivity contribution in [2.75, 3.05) is 17.7 Å². The molecule has 3 rings (SSSR count). The number of fused-ring (bicyclic) bond motifs is 1. The molecular weight excluding hydrogens is 324 g/mol. The van der Waals surface area contributed by atoms with Crippen LogP contribution in [0.25, 0.3) is 0 Å². The lowest BCUT2D eigenvalue weighted by Crippen LogP contribution is -2.33. The Morgan fingerprint density at radius 1 is 1.38 bits per heavy atom. The third kappa shape index (κ3) is 3.64. The first-order chi connectivity index (χ1) is 11.3. The van der Waals surface area contributed by atoms with Crippen LogP contribution in [0.5, 0.6) is 0 Å². The van der Waals surface area contributed by atoms with E-state index in [0.29, 0.717) is 12.5 Å². The highest BCUT2D eigenvalue weighted by atomic mass is 32.2. The molecule has 5 nitrogen and oxygen atoms in total. The van der Waals surface area contributed by atoms with Gasteiger partial charge in [0.25, 0.3) is 0 Å². The van der Waals surface area contributed by atoms with Crippen molar-refractivity contribution < 1.29 is 13.2 Å². The first kappa shape index (κ1) is 17.4. The standard InChI is InChI=1S/C18H26N2O3S/c1-4-20(18(21)15-10-12(15)2)14-9-8-13-6-5-7-17(16(13)11-14)19-24(3,22)23/h8-9,11-12,15,17,19H,4-7,10H2,1-3H3/t12-,15+,17-/m1/s1. The number of hydrogen-bond acceptors (Lipinski definition) is 3. The predicted octanol–water partition coefficient (Wildman–Crippen LogP) is 2.62. The van der Waals surface area contributed by atoms with E-state index < -0.39 is 10.0 Å². The second kappa shape index (κ2) is 6.48. The number of anilines is 1. The van der Waals surface area contributed by atoms with Crippen molar-refractivity contribution in [1.29, 1.82) is 0 Å². The minimum atomic E-state index is -3.26. The van der Waals surface area contributed by atoms with Gasteiger partial charge in [-0.2, -0.15) is 0 Å². The number of benzene rings is 1. The predicted molar refractivity (Wildman–Crippen MR) is 95.4 cm³/mol. The second-order valence-corrected chi connectivity index (χ2v) is 8.90. The molecule has 1 aromatic rings.